The number of nitro groups is 1. The van der Waals surface area contributed by atoms with Crippen LogP contribution in [-0.2, 0) is 16.6 Å². The Hall–Kier alpha value is -1.73. The highest BCUT2D eigenvalue weighted by atomic mass is 79.9. The summed E-state index contributed by atoms with van der Waals surface area (Å²) in [6.07, 6.45) is 0. The van der Waals surface area contributed by atoms with Crippen LogP contribution in [0.1, 0.15) is 11.1 Å². The Morgan fingerprint density at radius 2 is 2.00 bits per heavy atom. The minimum Gasteiger partial charge on any atom is -0.399 e. The Morgan fingerprint density at radius 1 is 1.29 bits per heavy atom. The third-order valence-electron chi connectivity index (χ3n) is 3.03. The molecular formula is C14H13BrN2O3S. The van der Waals surface area contributed by atoms with Gasteiger partial charge in [0, 0.05) is 26.7 Å². The number of benzene rings is 2. The van der Waals surface area contributed by atoms with E-state index in [0.29, 0.717) is 20.6 Å². The maximum absolute atomic E-state index is 12.4. The average molecular weight is 369 g/mol. The normalized spacial score (nSPS) is 12.1. The summed E-state index contributed by atoms with van der Waals surface area (Å²) in [6.45, 7) is 1.83. The van der Waals surface area contributed by atoms with E-state index in [-0.39, 0.29) is 11.4 Å². The third kappa shape index (κ3) is 3.68. The van der Waals surface area contributed by atoms with Crippen molar-refractivity contribution < 1.29 is 9.13 Å². The molecule has 2 aromatic rings. The largest absolute Gasteiger partial charge is 0.399 e. The zero-order valence-corrected chi connectivity index (χ0v) is 13.6. The Balaban J connectivity index is 2.31. The van der Waals surface area contributed by atoms with Crippen LogP contribution in [0.25, 0.3) is 0 Å². The summed E-state index contributed by atoms with van der Waals surface area (Å²) < 4.78 is 13.0. The second-order valence-corrected chi connectivity index (χ2v) is 6.91. The monoisotopic (exact) mass is 368 g/mol. The van der Waals surface area contributed by atoms with Crippen molar-refractivity contribution in [1.82, 2.24) is 0 Å². The second kappa shape index (κ2) is 6.36. The van der Waals surface area contributed by atoms with Gasteiger partial charge in [-0.2, -0.15) is 0 Å². The van der Waals surface area contributed by atoms with Crippen molar-refractivity contribution in [2.24, 2.45) is 0 Å². The molecule has 0 spiro atoms. The second-order valence-electron chi connectivity index (χ2n) is 4.54. The Bertz CT molecular complexity index is 734. The lowest BCUT2D eigenvalue weighted by molar-refractivity contribution is -0.385. The zero-order chi connectivity index (χ0) is 15.6. The van der Waals surface area contributed by atoms with E-state index in [9.17, 15) is 14.3 Å². The molecular weight excluding hydrogens is 356 g/mol. The number of anilines is 1. The van der Waals surface area contributed by atoms with Crippen LogP contribution in [0.5, 0.6) is 0 Å². The number of nitrogens with zero attached hydrogens (tertiary/aromatic N) is 1. The zero-order valence-electron chi connectivity index (χ0n) is 11.2. The molecule has 7 heteroatoms. The smallest absolute Gasteiger partial charge is 0.274 e. The maximum Gasteiger partial charge on any atom is 0.274 e. The van der Waals surface area contributed by atoms with Crippen molar-refractivity contribution in [1.29, 1.82) is 0 Å². The summed E-state index contributed by atoms with van der Waals surface area (Å²) in [7, 11) is -1.36. The molecule has 0 fully saturated rings. The Labute approximate surface area is 132 Å². The third-order valence-corrected chi connectivity index (χ3v) is 4.88. The molecule has 1 unspecified atom stereocenters. The summed E-state index contributed by atoms with van der Waals surface area (Å²) in [6, 6.07) is 9.86. The number of nitro benzene ring substituents is 1. The molecule has 5 nitrogen and oxygen atoms in total. The number of hydrogen-bond acceptors (Lipinski definition) is 4. The van der Waals surface area contributed by atoms with Gasteiger partial charge in [0.2, 0.25) is 0 Å². The fourth-order valence-electron chi connectivity index (χ4n) is 1.84. The fourth-order valence-corrected chi connectivity index (χ4v) is 3.41. The van der Waals surface area contributed by atoms with Gasteiger partial charge >= 0.3 is 0 Å². The molecule has 0 amide bonds. The van der Waals surface area contributed by atoms with Gasteiger partial charge in [-0.25, -0.2) is 0 Å². The first-order valence-electron chi connectivity index (χ1n) is 6.06. The predicted molar refractivity (Wildman–Crippen MR) is 86.5 cm³/mol. The first-order chi connectivity index (χ1) is 9.88. The van der Waals surface area contributed by atoms with E-state index in [0.717, 1.165) is 5.56 Å². The summed E-state index contributed by atoms with van der Waals surface area (Å²) in [5.74, 6) is 0.0902. The number of rotatable bonds is 4. The van der Waals surface area contributed by atoms with E-state index in [1.165, 1.54) is 6.07 Å². The van der Waals surface area contributed by atoms with Gasteiger partial charge in [-0.05, 0) is 36.8 Å². The summed E-state index contributed by atoms with van der Waals surface area (Å²) in [5.41, 5.74) is 7.60. The number of nitrogens with two attached hydrogens (primary N) is 1. The molecule has 110 valence electrons. The van der Waals surface area contributed by atoms with Crippen LogP contribution < -0.4 is 5.73 Å². The lowest BCUT2D eigenvalue weighted by Gasteiger charge is -2.06. The first-order valence-corrected chi connectivity index (χ1v) is 8.17. The van der Waals surface area contributed by atoms with Crippen molar-refractivity contribution in [2.75, 3.05) is 5.73 Å². The molecule has 2 N–H and O–H groups in total. The fraction of sp³-hybridized carbons (Fsp3) is 0.143. The molecule has 2 rings (SSSR count). The molecule has 0 aromatic heterocycles. The van der Waals surface area contributed by atoms with Crippen molar-refractivity contribution in [3.63, 3.8) is 0 Å². The van der Waals surface area contributed by atoms with E-state index < -0.39 is 15.7 Å². The van der Waals surface area contributed by atoms with Crippen LogP contribution in [-0.4, -0.2) is 9.13 Å². The van der Waals surface area contributed by atoms with Gasteiger partial charge < -0.3 is 5.73 Å². The predicted octanol–water partition coefficient (Wildman–Crippen LogP) is 3.56. The van der Waals surface area contributed by atoms with Crippen LogP contribution >= 0.6 is 15.9 Å². The van der Waals surface area contributed by atoms with Crippen molar-refractivity contribution in [3.05, 3.63) is 62.1 Å². The van der Waals surface area contributed by atoms with E-state index in [1.54, 1.807) is 30.3 Å². The van der Waals surface area contributed by atoms with Gasteiger partial charge in [0.15, 0.2) is 0 Å². The van der Waals surface area contributed by atoms with Crippen molar-refractivity contribution in [3.8, 4) is 0 Å². The van der Waals surface area contributed by atoms with Crippen molar-refractivity contribution in [2.45, 2.75) is 17.6 Å². The minimum atomic E-state index is -1.36. The van der Waals surface area contributed by atoms with Crippen molar-refractivity contribution >= 4 is 38.1 Å². The molecule has 0 aliphatic rings. The first kappa shape index (κ1) is 15.7. The summed E-state index contributed by atoms with van der Waals surface area (Å²) in [4.78, 5) is 11.2. The van der Waals surface area contributed by atoms with Gasteiger partial charge in [-0.15, -0.1) is 0 Å². The quantitative estimate of drug-likeness (QED) is 0.507. The Morgan fingerprint density at radius 3 is 2.62 bits per heavy atom. The van der Waals surface area contributed by atoms with Gasteiger partial charge in [0.1, 0.15) is 0 Å². The maximum atomic E-state index is 12.4. The molecule has 1 atom stereocenters. The van der Waals surface area contributed by atoms with E-state index in [4.69, 9.17) is 5.73 Å². The van der Waals surface area contributed by atoms with Crippen LogP contribution in [0, 0.1) is 17.0 Å². The van der Waals surface area contributed by atoms with Crippen LogP contribution in [0.3, 0.4) is 0 Å². The summed E-state index contributed by atoms with van der Waals surface area (Å²) in [5, 5.41) is 11.1. The lowest BCUT2D eigenvalue weighted by atomic mass is 10.2. The standard InChI is InChI=1S/C14H13BrN2O3S/c1-9-6-12(4-5-13(9)16)21(20)8-10-2-3-11(15)7-14(10)17(18)19/h2-7H,8,16H2,1H3. The average Bonchev–Trinajstić information content (AvgIpc) is 2.43. The molecule has 0 bridgehead atoms. The van der Waals surface area contributed by atoms with Crippen LogP contribution in [0.4, 0.5) is 11.4 Å². The van der Waals surface area contributed by atoms with E-state index in [2.05, 4.69) is 15.9 Å². The van der Waals surface area contributed by atoms with Crippen LogP contribution in [0.15, 0.2) is 45.8 Å². The van der Waals surface area contributed by atoms with Crippen LogP contribution in [0.2, 0.25) is 0 Å². The minimum absolute atomic E-state index is 0.0371. The van der Waals surface area contributed by atoms with Gasteiger partial charge in [0.05, 0.1) is 21.5 Å². The highest BCUT2D eigenvalue weighted by molar-refractivity contribution is 9.10. The molecule has 2 aromatic carbocycles. The molecule has 0 heterocycles. The topological polar surface area (TPSA) is 86.2 Å². The lowest BCUT2D eigenvalue weighted by Crippen LogP contribution is -2.02. The number of aryl methyl sites for hydroxylation is 1. The Kier molecular flexibility index (Phi) is 4.74. The molecule has 0 saturated carbocycles. The van der Waals surface area contributed by atoms with Gasteiger partial charge in [0.25, 0.3) is 5.69 Å². The SMILES string of the molecule is Cc1cc(S(=O)Cc2ccc(Br)cc2[N+](=O)[O-])ccc1N. The molecule has 0 aliphatic heterocycles. The van der Waals surface area contributed by atoms with Gasteiger partial charge in [-0.3, -0.25) is 14.3 Å². The van der Waals surface area contributed by atoms with E-state index in [1.807, 2.05) is 6.92 Å². The molecule has 21 heavy (non-hydrogen) atoms. The molecule has 0 aliphatic carbocycles. The van der Waals surface area contributed by atoms with E-state index >= 15 is 0 Å². The summed E-state index contributed by atoms with van der Waals surface area (Å²) >= 11 is 3.20. The molecule has 0 radical (unpaired) electrons. The number of nitrogen functional groups attached to an aromatic ring is 1. The number of hydrogen-bond donors (Lipinski definition) is 1. The number of halogens is 1. The highest BCUT2D eigenvalue weighted by Gasteiger charge is 2.17. The molecule has 0 saturated heterocycles. The highest BCUT2D eigenvalue weighted by Crippen LogP contribution is 2.26. The van der Waals surface area contributed by atoms with Gasteiger partial charge in [-0.1, -0.05) is 22.0 Å².